The number of hydrogen-bond acceptors (Lipinski definition) is 3. The Hall–Kier alpha value is -0.220. The third kappa shape index (κ3) is 5.91. The van der Waals surface area contributed by atoms with Gasteiger partial charge in [0.05, 0.1) is 12.4 Å². The lowest BCUT2D eigenvalue weighted by molar-refractivity contribution is -0.114. The Morgan fingerprint density at radius 3 is 2.60 bits per heavy atom. The van der Waals surface area contributed by atoms with Crippen molar-refractivity contribution in [1.29, 1.82) is 0 Å². The van der Waals surface area contributed by atoms with E-state index in [1.54, 1.807) is 7.11 Å². The Kier molecular flexibility index (Phi) is 5.43. The third-order valence-electron chi connectivity index (χ3n) is 0.879. The Bertz CT molecular complexity index is 133. The average molecular weight is 164 g/mol. The first-order chi connectivity index (χ1) is 4.66. The molecule has 0 radical (unpaired) electrons. The Labute approximate surface area is 63.2 Å². The van der Waals surface area contributed by atoms with Gasteiger partial charge in [-0.3, -0.25) is 9.00 Å². The summed E-state index contributed by atoms with van der Waals surface area (Å²) in [6, 6.07) is 0. The molecule has 0 saturated carbocycles. The van der Waals surface area contributed by atoms with Crippen molar-refractivity contribution < 1.29 is 13.7 Å². The first-order valence-corrected chi connectivity index (χ1v) is 4.49. The van der Waals surface area contributed by atoms with E-state index in [0.717, 1.165) is 0 Å². The summed E-state index contributed by atoms with van der Waals surface area (Å²) in [4.78, 5) is 10.4. The lowest BCUT2D eigenvalue weighted by atomic mass is 10.5. The third-order valence-corrected chi connectivity index (χ3v) is 2.23. The van der Waals surface area contributed by atoms with Gasteiger partial charge in [0.15, 0.2) is 0 Å². The molecule has 60 valence electrons. The van der Waals surface area contributed by atoms with E-state index in [4.69, 9.17) is 0 Å². The Morgan fingerprint density at radius 2 is 2.20 bits per heavy atom. The van der Waals surface area contributed by atoms with Crippen molar-refractivity contribution in [1.82, 2.24) is 0 Å². The maximum Gasteiger partial charge on any atom is 0.142 e. The SMILES string of the molecule is COCCS(=O)CC(C)=O. The Balaban J connectivity index is 3.35. The fourth-order valence-electron chi connectivity index (χ4n) is 0.475. The van der Waals surface area contributed by atoms with Gasteiger partial charge < -0.3 is 4.74 Å². The highest BCUT2D eigenvalue weighted by Gasteiger charge is 2.01. The number of hydrogen-bond donors (Lipinski definition) is 0. The second-order valence-corrected chi connectivity index (χ2v) is 3.56. The van der Waals surface area contributed by atoms with Gasteiger partial charge in [-0.2, -0.15) is 0 Å². The monoisotopic (exact) mass is 164 g/mol. The zero-order chi connectivity index (χ0) is 7.98. The molecule has 0 bridgehead atoms. The van der Waals surface area contributed by atoms with E-state index < -0.39 is 10.8 Å². The van der Waals surface area contributed by atoms with Gasteiger partial charge in [-0.1, -0.05) is 0 Å². The molecule has 10 heavy (non-hydrogen) atoms. The number of rotatable bonds is 5. The van der Waals surface area contributed by atoms with Gasteiger partial charge in [0.2, 0.25) is 0 Å². The van der Waals surface area contributed by atoms with Crippen molar-refractivity contribution in [3.63, 3.8) is 0 Å². The molecule has 0 aliphatic heterocycles. The Morgan fingerprint density at radius 1 is 1.60 bits per heavy atom. The van der Waals surface area contributed by atoms with Gasteiger partial charge in [0.1, 0.15) is 5.78 Å². The molecule has 0 fully saturated rings. The maximum atomic E-state index is 10.8. The summed E-state index contributed by atoms with van der Waals surface area (Å²) in [6.07, 6.45) is 0. The summed E-state index contributed by atoms with van der Waals surface area (Å²) in [7, 11) is 0.522. The minimum Gasteiger partial charge on any atom is -0.384 e. The van der Waals surface area contributed by atoms with E-state index in [0.29, 0.717) is 12.4 Å². The molecule has 0 aromatic rings. The normalized spacial score (nSPS) is 13.0. The van der Waals surface area contributed by atoms with Gasteiger partial charge >= 0.3 is 0 Å². The number of Topliss-reactive ketones (excluding diaryl/α,β-unsaturated/α-hetero) is 1. The van der Waals surface area contributed by atoms with Crippen LogP contribution in [0.2, 0.25) is 0 Å². The van der Waals surface area contributed by atoms with Crippen molar-refractivity contribution >= 4 is 16.6 Å². The maximum absolute atomic E-state index is 10.8. The first kappa shape index (κ1) is 9.78. The van der Waals surface area contributed by atoms with Gasteiger partial charge in [-0.05, 0) is 6.92 Å². The molecule has 3 nitrogen and oxygen atoms in total. The van der Waals surface area contributed by atoms with Crippen LogP contribution in [0.4, 0.5) is 0 Å². The average Bonchev–Trinajstić information content (AvgIpc) is 1.82. The van der Waals surface area contributed by atoms with Gasteiger partial charge in [-0.25, -0.2) is 0 Å². The van der Waals surface area contributed by atoms with Crippen LogP contribution in [0, 0.1) is 0 Å². The van der Waals surface area contributed by atoms with Crippen LogP contribution in [0.25, 0.3) is 0 Å². The van der Waals surface area contributed by atoms with Crippen LogP contribution in [-0.4, -0.2) is 35.2 Å². The summed E-state index contributed by atoms with van der Waals surface area (Å²) < 4.78 is 15.5. The summed E-state index contributed by atoms with van der Waals surface area (Å²) >= 11 is 0. The zero-order valence-electron chi connectivity index (χ0n) is 6.25. The number of ketones is 1. The fourth-order valence-corrected chi connectivity index (χ4v) is 1.43. The predicted octanol–water partition coefficient (Wildman–Crippen LogP) is -0.0295. The molecule has 0 aromatic carbocycles. The smallest absolute Gasteiger partial charge is 0.142 e. The van der Waals surface area contributed by atoms with Crippen molar-refractivity contribution in [3.8, 4) is 0 Å². The minimum atomic E-state index is -1.02. The molecular weight excluding hydrogens is 152 g/mol. The summed E-state index contributed by atoms with van der Waals surface area (Å²) in [5.41, 5.74) is 0. The molecule has 1 atom stereocenters. The van der Waals surface area contributed by atoms with E-state index in [1.807, 2.05) is 0 Å². The van der Waals surface area contributed by atoms with Crippen LogP contribution in [-0.2, 0) is 20.3 Å². The van der Waals surface area contributed by atoms with Crippen molar-refractivity contribution in [2.75, 3.05) is 25.2 Å². The highest BCUT2D eigenvalue weighted by atomic mass is 32.2. The number of carbonyl (C=O) groups is 1. The van der Waals surface area contributed by atoms with E-state index in [1.165, 1.54) is 6.92 Å². The molecule has 4 heteroatoms. The standard InChI is InChI=1S/C6H12O3S/c1-6(7)5-10(8)4-3-9-2/h3-5H2,1-2H3. The molecule has 0 heterocycles. The van der Waals surface area contributed by atoms with Gasteiger partial charge in [0, 0.05) is 23.7 Å². The molecule has 0 aromatic heterocycles. The molecule has 0 N–H and O–H groups in total. The second kappa shape index (κ2) is 5.56. The molecule has 0 amide bonds. The van der Waals surface area contributed by atoms with Crippen molar-refractivity contribution in [2.24, 2.45) is 0 Å². The highest BCUT2D eigenvalue weighted by Crippen LogP contribution is 1.83. The van der Waals surface area contributed by atoms with E-state index >= 15 is 0 Å². The van der Waals surface area contributed by atoms with Gasteiger partial charge in [-0.15, -0.1) is 0 Å². The van der Waals surface area contributed by atoms with Crippen LogP contribution in [0.15, 0.2) is 0 Å². The van der Waals surface area contributed by atoms with Gasteiger partial charge in [0.25, 0.3) is 0 Å². The molecule has 0 rings (SSSR count). The molecule has 0 aliphatic rings. The van der Waals surface area contributed by atoms with E-state index in [2.05, 4.69) is 4.74 Å². The summed E-state index contributed by atoms with van der Waals surface area (Å²) in [6.45, 7) is 1.89. The molecule has 1 unspecified atom stereocenters. The van der Waals surface area contributed by atoms with Crippen LogP contribution < -0.4 is 0 Å². The fraction of sp³-hybridized carbons (Fsp3) is 0.833. The van der Waals surface area contributed by atoms with Crippen molar-refractivity contribution in [2.45, 2.75) is 6.92 Å². The van der Waals surface area contributed by atoms with E-state index in [9.17, 15) is 9.00 Å². The van der Waals surface area contributed by atoms with Crippen LogP contribution in [0.1, 0.15) is 6.92 Å². The lowest BCUT2D eigenvalue weighted by Crippen LogP contribution is -2.12. The highest BCUT2D eigenvalue weighted by molar-refractivity contribution is 7.85. The number of ether oxygens (including phenoxy) is 1. The van der Waals surface area contributed by atoms with Crippen LogP contribution in [0.5, 0.6) is 0 Å². The largest absolute Gasteiger partial charge is 0.384 e. The molecular formula is C6H12O3S. The second-order valence-electron chi connectivity index (χ2n) is 1.98. The van der Waals surface area contributed by atoms with Crippen molar-refractivity contribution in [3.05, 3.63) is 0 Å². The summed E-state index contributed by atoms with van der Waals surface area (Å²) in [5, 5.41) is 0. The molecule has 0 aliphatic carbocycles. The van der Waals surface area contributed by atoms with Crippen LogP contribution in [0.3, 0.4) is 0 Å². The number of carbonyl (C=O) groups excluding carboxylic acids is 1. The zero-order valence-corrected chi connectivity index (χ0v) is 7.07. The predicted molar refractivity (Wildman–Crippen MR) is 40.4 cm³/mol. The number of methoxy groups -OCH3 is 1. The first-order valence-electron chi connectivity index (χ1n) is 3.00. The molecule has 0 saturated heterocycles. The molecule has 0 spiro atoms. The topological polar surface area (TPSA) is 43.4 Å². The van der Waals surface area contributed by atoms with Crippen LogP contribution >= 0.6 is 0 Å². The quantitative estimate of drug-likeness (QED) is 0.573. The van der Waals surface area contributed by atoms with E-state index in [-0.39, 0.29) is 11.5 Å². The summed E-state index contributed by atoms with van der Waals surface area (Å²) in [5.74, 6) is 0.578. The minimum absolute atomic E-state index is 0.0329. The lowest BCUT2D eigenvalue weighted by Gasteiger charge is -1.96.